The van der Waals surface area contributed by atoms with Crippen molar-refractivity contribution in [1.82, 2.24) is 19.7 Å². The predicted molar refractivity (Wildman–Crippen MR) is 116 cm³/mol. The number of amides is 1. The van der Waals surface area contributed by atoms with E-state index >= 15 is 0 Å². The third kappa shape index (κ3) is 3.42. The van der Waals surface area contributed by atoms with E-state index in [1.807, 2.05) is 27.8 Å². The van der Waals surface area contributed by atoms with E-state index in [1.165, 1.54) is 0 Å². The summed E-state index contributed by atoms with van der Waals surface area (Å²) in [6.07, 6.45) is 2.70. The molecule has 6 nitrogen and oxygen atoms in total. The minimum absolute atomic E-state index is 0.0111. The Morgan fingerprint density at radius 2 is 2.07 bits per heavy atom. The van der Waals surface area contributed by atoms with E-state index in [4.69, 9.17) is 10.7 Å². The first-order chi connectivity index (χ1) is 13.8. The molecule has 1 aliphatic heterocycles. The van der Waals surface area contributed by atoms with Gasteiger partial charge in [-0.2, -0.15) is 5.10 Å². The van der Waals surface area contributed by atoms with Gasteiger partial charge in [0.1, 0.15) is 0 Å². The summed E-state index contributed by atoms with van der Waals surface area (Å²) in [6.45, 7) is 10.4. The van der Waals surface area contributed by atoms with Crippen LogP contribution in [0, 0.1) is 12.3 Å². The first kappa shape index (κ1) is 19.6. The predicted octanol–water partition coefficient (Wildman–Crippen LogP) is 3.80. The molecule has 1 atom stereocenters. The van der Waals surface area contributed by atoms with Gasteiger partial charge in [0.15, 0.2) is 5.65 Å². The van der Waals surface area contributed by atoms with E-state index in [2.05, 4.69) is 44.9 Å². The van der Waals surface area contributed by atoms with E-state index in [9.17, 15) is 4.79 Å². The number of aromatic nitrogens is 3. The quantitative estimate of drug-likeness (QED) is 0.734. The van der Waals surface area contributed by atoms with Crippen LogP contribution in [0.4, 0.5) is 0 Å². The Labute approximate surface area is 171 Å². The minimum Gasteiger partial charge on any atom is -0.338 e. The lowest BCUT2D eigenvalue weighted by Crippen LogP contribution is -2.34. The van der Waals surface area contributed by atoms with Crippen LogP contribution in [0.2, 0.25) is 0 Å². The molecule has 0 aliphatic carbocycles. The lowest BCUT2D eigenvalue weighted by atomic mass is 9.90. The standard InChI is InChI=1S/C23H29N5O/c1-15(2)28-21-19(12-25-28)18(22(29)27-10-9-23(4,13-24)14-27)11-20(26-21)17-8-6-5-7-16(17)3/h5-8,11-12,15H,9-10,13-14,24H2,1-4H3. The molecule has 1 unspecified atom stereocenters. The number of pyridine rings is 1. The number of fused-ring (bicyclic) bond motifs is 1. The van der Waals surface area contributed by atoms with Gasteiger partial charge < -0.3 is 10.6 Å². The Hall–Kier alpha value is -2.73. The van der Waals surface area contributed by atoms with Gasteiger partial charge >= 0.3 is 0 Å². The lowest BCUT2D eigenvalue weighted by molar-refractivity contribution is 0.0779. The highest BCUT2D eigenvalue weighted by atomic mass is 16.2. The number of carbonyl (C=O) groups excluding carboxylic acids is 1. The molecular formula is C23H29N5O. The third-order valence-corrected chi connectivity index (χ3v) is 6.05. The number of aryl methyl sites for hydroxylation is 1. The van der Waals surface area contributed by atoms with Crippen molar-refractivity contribution in [3.8, 4) is 11.3 Å². The maximum Gasteiger partial charge on any atom is 0.254 e. The summed E-state index contributed by atoms with van der Waals surface area (Å²) < 4.78 is 1.89. The molecule has 4 rings (SSSR count). The summed E-state index contributed by atoms with van der Waals surface area (Å²) in [5, 5.41) is 5.34. The van der Waals surface area contributed by atoms with Crippen molar-refractivity contribution >= 4 is 16.9 Å². The summed E-state index contributed by atoms with van der Waals surface area (Å²) in [5.74, 6) is 0.0349. The molecule has 0 radical (unpaired) electrons. The maximum atomic E-state index is 13.5. The molecular weight excluding hydrogens is 362 g/mol. The molecule has 3 heterocycles. The van der Waals surface area contributed by atoms with Crippen molar-refractivity contribution in [3.05, 3.63) is 47.7 Å². The Morgan fingerprint density at radius 3 is 2.72 bits per heavy atom. The summed E-state index contributed by atoms with van der Waals surface area (Å²) in [4.78, 5) is 20.4. The van der Waals surface area contributed by atoms with Crippen molar-refractivity contribution in [2.75, 3.05) is 19.6 Å². The van der Waals surface area contributed by atoms with Crippen LogP contribution in [0.5, 0.6) is 0 Å². The van der Waals surface area contributed by atoms with Gasteiger partial charge in [0.25, 0.3) is 5.91 Å². The van der Waals surface area contributed by atoms with Crippen molar-refractivity contribution in [2.45, 2.75) is 40.2 Å². The van der Waals surface area contributed by atoms with E-state index < -0.39 is 0 Å². The van der Waals surface area contributed by atoms with Crippen molar-refractivity contribution in [1.29, 1.82) is 0 Å². The van der Waals surface area contributed by atoms with Crippen molar-refractivity contribution in [3.63, 3.8) is 0 Å². The highest BCUT2D eigenvalue weighted by Crippen LogP contribution is 2.33. The highest BCUT2D eigenvalue weighted by molar-refractivity contribution is 6.06. The first-order valence-corrected chi connectivity index (χ1v) is 10.3. The number of likely N-dealkylation sites (tertiary alicyclic amines) is 1. The molecule has 1 amide bonds. The number of nitrogens with two attached hydrogens (primary N) is 1. The minimum atomic E-state index is -0.0111. The molecule has 1 fully saturated rings. The van der Waals surface area contributed by atoms with Crippen LogP contribution in [0.25, 0.3) is 22.3 Å². The molecule has 0 bridgehead atoms. The summed E-state index contributed by atoms with van der Waals surface area (Å²) in [5.41, 5.74) is 10.3. The highest BCUT2D eigenvalue weighted by Gasteiger charge is 2.36. The molecule has 6 heteroatoms. The Kier molecular flexibility index (Phi) is 4.90. The van der Waals surface area contributed by atoms with Gasteiger partial charge in [-0.05, 0) is 50.8 Å². The van der Waals surface area contributed by atoms with Crippen LogP contribution < -0.4 is 5.73 Å². The number of benzene rings is 1. The number of hydrogen-bond acceptors (Lipinski definition) is 4. The average molecular weight is 392 g/mol. The number of hydrogen-bond donors (Lipinski definition) is 1. The summed E-state index contributed by atoms with van der Waals surface area (Å²) in [6, 6.07) is 10.2. The Bertz CT molecular complexity index is 1070. The van der Waals surface area contributed by atoms with Crippen LogP contribution in [0.1, 0.15) is 49.2 Å². The first-order valence-electron chi connectivity index (χ1n) is 10.3. The van der Waals surface area contributed by atoms with Gasteiger partial charge in [-0.1, -0.05) is 31.2 Å². The molecule has 29 heavy (non-hydrogen) atoms. The van der Waals surface area contributed by atoms with Crippen LogP contribution in [-0.4, -0.2) is 45.2 Å². The normalized spacial score (nSPS) is 19.4. The van der Waals surface area contributed by atoms with E-state index in [1.54, 1.807) is 6.20 Å². The second-order valence-corrected chi connectivity index (χ2v) is 8.78. The number of rotatable bonds is 4. The van der Waals surface area contributed by atoms with E-state index in [0.717, 1.165) is 40.8 Å². The topological polar surface area (TPSA) is 77.0 Å². The van der Waals surface area contributed by atoms with Gasteiger partial charge in [0.05, 0.1) is 22.8 Å². The fourth-order valence-electron chi connectivity index (χ4n) is 4.11. The van der Waals surface area contributed by atoms with Gasteiger partial charge in [-0.15, -0.1) is 0 Å². The molecule has 0 saturated carbocycles. The Morgan fingerprint density at radius 1 is 1.31 bits per heavy atom. The van der Waals surface area contributed by atoms with Gasteiger partial charge in [-0.25, -0.2) is 9.67 Å². The SMILES string of the molecule is Cc1ccccc1-c1cc(C(=O)N2CCC(C)(CN)C2)c2cnn(C(C)C)c2n1. The summed E-state index contributed by atoms with van der Waals surface area (Å²) in [7, 11) is 0. The molecule has 2 N–H and O–H groups in total. The van der Waals surface area contributed by atoms with Crippen LogP contribution in [0.15, 0.2) is 36.5 Å². The fourth-order valence-corrected chi connectivity index (χ4v) is 4.11. The fraction of sp³-hybridized carbons (Fsp3) is 0.435. The molecule has 1 aromatic carbocycles. The van der Waals surface area contributed by atoms with Crippen LogP contribution in [-0.2, 0) is 0 Å². The second kappa shape index (κ2) is 7.26. The van der Waals surface area contributed by atoms with Crippen molar-refractivity contribution in [2.24, 2.45) is 11.1 Å². The van der Waals surface area contributed by atoms with E-state index in [-0.39, 0.29) is 17.4 Å². The van der Waals surface area contributed by atoms with Crippen LogP contribution >= 0.6 is 0 Å². The monoisotopic (exact) mass is 391 g/mol. The van der Waals surface area contributed by atoms with Gasteiger partial charge in [0.2, 0.25) is 0 Å². The zero-order valence-electron chi connectivity index (χ0n) is 17.6. The molecule has 2 aromatic heterocycles. The number of nitrogens with zero attached hydrogens (tertiary/aromatic N) is 4. The van der Waals surface area contributed by atoms with Gasteiger partial charge in [0, 0.05) is 24.7 Å². The van der Waals surface area contributed by atoms with Crippen molar-refractivity contribution < 1.29 is 4.79 Å². The van der Waals surface area contributed by atoms with Gasteiger partial charge in [-0.3, -0.25) is 4.79 Å². The molecule has 1 saturated heterocycles. The number of carbonyl (C=O) groups is 1. The second-order valence-electron chi connectivity index (χ2n) is 8.78. The molecule has 0 spiro atoms. The molecule has 152 valence electrons. The lowest BCUT2D eigenvalue weighted by Gasteiger charge is -2.23. The zero-order chi connectivity index (χ0) is 20.8. The Balaban J connectivity index is 1.87. The smallest absolute Gasteiger partial charge is 0.254 e. The average Bonchev–Trinajstić information content (AvgIpc) is 3.31. The third-order valence-electron chi connectivity index (χ3n) is 6.05. The van der Waals surface area contributed by atoms with E-state index in [0.29, 0.717) is 18.7 Å². The maximum absolute atomic E-state index is 13.5. The zero-order valence-corrected chi connectivity index (χ0v) is 17.6. The largest absolute Gasteiger partial charge is 0.338 e. The molecule has 3 aromatic rings. The molecule has 1 aliphatic rings. The summed E-state index contributed by atoms with van der Waals surface area (Å²) >= 11 is 0. The van der Waals surface area contributed by atoms with Crippen LogP contribution in [0.3, 0.4) is 0 Å².